The van der Waals surface area contributed by atoms with E-state index >= 15 is 0 Å². The van der Waals surface area contributed by atoms with E-state index in [2.05, 4.69) is 4.52 Å². The summed E-state index contributed by atoms with van der Waals surface area (Å²) in [5, 5.41) is 0.683. The molecular weight excluding hydrogens is 293 g/mol. The van der Waals surface area contributed by atoms with Crippen molar-refractivity contribution in [2.75, 3.05) is 0 Å². The summed E-state index contributed by atoms with van der Waals surface area (Å²) < 4.78 is 20.0. The van der Waals surface area contributed by atoms with Crippen molar-refractivity contribution in [1.29, 1.82) is 0 Å². The van der Waals surface area contributed by atoms with Crippen LogP contribution in [0.2, 0.25) is 0 Å². The molecule has 0 aliphatic carbocycles. The molecule has 1 aromatic heterocycles. The normalized spacial score (nSPS) is 10.5. The fraction of sp³-hybridized carbons (Fsp3) is 0.100. The van der Waals surface area contributed by atoms with Crippen LogP contribution in [-0.2, 0) is 4.57 Å². The molecule has 0 atom stereocenters. The summed E-state index contributed by atoms with van der Waals surface area (Å²) in [5.74, 6) is -0.0559. The van der Waals surface area contributed by atoms with Gasteiger partial charge in [-0.1, -0.05) is 0 Å². The molecular formula is C10H9Na2O6P+2. The first-order valence-electron chi connectivity index (χ1n) is 4.65. The van der Waals surface area contributed by atoms with E-state index in [0.717, 1.165) is 5.56 Å². The van der Waals surface area contributed by atoms with Crippen LogP contribution in [0.1, 0.15) is 5.56 Å². The van der Waals surface area contributed by atoms with Gasteiger partial charge in [-0.15, -0.1) is 0 Å². The molecule has 0 saturated heterocycles. The Labute approximate surface area is 153 Å². The Morgan fingerprint density at radius 2 is 1.84 bits per heavy atom. The number of hydrogen-bond donors (Lipinski definition) is 2. The molecule has 90 valence electrons. The molecule has 0 fully saturated rings. The fourth-order valence-electron chi connectivity index (χ4n) is 1.50. The molecule has 0 spiro atoms. The van der Waals surface area contributed by atoms with Crippen molar-refractivity contribution in [3.05, 3.63) is 40.2 Å². The Kier molecular flexibility index (Phi) is 7.55. The Morgan fingerprint density at radius 3 is 2.42 bits per heavy atom. The number of fused-ring (bicyclic) bond motifs is 1. The average molecular weight is 302 g/mol. The second-order valence-electron chi connectivity index (χ2n) is 3.49. The van der Waals surface area contributed by atoms with Crippen LogP contribution in [0.25, 0.3) is 11.0 Å². The van der Waals surface area contributed by atoms with Crippen LogP contribution in [-0.4, -0.2) is 9.79 Å². The first-order chi connectivity index (χ1) is 7.85. The zero-order valence-corrected chi connectivity index (χ0v) is 15.7. The molecule has 0 saturated carbocycles. The van der Waals surface area contributed by atoms with Gasteiger partial charge in [-0.05, 0) is 24.6 Å². The van der Waals surface area contributed by atoms with Crippen molar-refractivity contribution in [1.82, 2.24) is 0 Å². The van der Waals surface area contributed by atoms with Crippen LogP contribution >= 0.6 is 7.82 Å². The van der Waals surface area contributed by atoms with E-state index in [4.69, 9.17) is 14.2 Å². The van der Waals surface area contributed by atoms with Crippen LogP contribution in [0.4, 0.5) is 0 Å². The standard InChI is InChI=1S/C10H9O6P.2Na/c1-6-4-10(11)15-9-5-7(2-3-8(6)9)16-17(12,13)14;;/h2-5H,1H3,(H2,12,13,14);;/q;2*+1. The number of rotatable bonds is 2. The summed E-state index contributed by atoms with van der Waals surface area (Å²) >= 11 is 0. The molecule has 1 heterocycles. The largest absolute Gasteiger partial charge is 1.00 e. The van der Waals surface area contributed by atoms with E-state index in [1.165, 1.54) is 18.2 Å². The SMILES string of the molecule is Cc1cc(=O)oc2cc(OP(=O)(O)O)ccc12.[Na+].[Na+]. The van der Waals surface area contributed by atoms with E-state index in [-0.39, 0.29) is 70.4 Å². The molecule has 1 aromatic carbocycles. The quantitative estimate of drug-likeness (QED) is 0.330. The van der Waals surface area contributed by atoms with Crippen LogP contribution in [0.3, 0.4) is 0 Å². The van der Waals surface area contributed by atoms with Crippen LogP contribution in [0.15, 0.2) is 33.5 Å². The second-order valence-corrected chi connectivity index (χ2v) is 4.65. The molecule has 0 amide bonds. The molecule has 2 aromatic rings. The minimum absolute atomic E-state index is 0. The molecule has 6 nitrogen and oxygen atoms in total. The first kappa shape index (κ1) is 19.4. The minimum atomic E-state index is -4.61. The minimum Gasteiger partial charge on any atom is -0.423 e. The van der Waals surface area contributed by atoms with E-state index in [1.54, 1.807) is 13.0 Å². The predicted molar refractivity (Wildman–Crippen MR) is 59.9 cm³/mol. The van der Waals surface area contributed by atoms with Crippen molar-refractivity contribution >= 4 is 18.8 Å². The molecule has 9 heteroatoms. The van der Waals surface area contributed by atoms with E-state index in [9.17, 15) is 9.36 Å². The fourth-order valence-corrected chi connectivity index (χ4v) is 1.89. The topological polar surface area (TPSA) is 97.0 Å². The third-order valence-electron chi connectivity index (χ3n) is 2.15. The Bertz CT molecular complexity index is 677. The van der Waals surface area contributed by atoms with Gasteiger partial charge in [-0.2, -0.15) is 0 Å². The summed E-state index contributed by atoms with van der Waals surface area (Å²) in [4.78, 5) is 28.4. The van der Waals surface area contributed by atoms with Gasteiger partial charge < -0.3 is 8.94 Å². The van der Waals surface area contributed by atoms with Crippen LogP contribution in [0.5, 0.6) is 5.75 Å². The van der Waals surface area contributed by atoms with Crippen molar-refractivity contribution in [2.45, 2.75) is 6.92 Å². The van der Waals surface area contributed by atoms with Gasteiger partial charge in [0.05, 0.1) is 0 Å². The molecule has 0 aliphatic rings. The Hall–Kier alpha value is 0.380. The van der Waals surface area contributed by atoms with Gasteiger partial charge in [0, 0.05) is 17.5 Å². The summed E-state index contributed by atoms with van der Waals surface area (Å²) in [6, 6.07) is 5.57. The van der Waals surface area contributed by atoms with Gasteiger partial charge in [-0.25, -0.2) is 9.36 Å². The van der Waals surface area contributed by atoms with Crippen molar-refractivity contribution in [2.24, 2.45) is 0 Å². The summed E-state index contributed by atoms with van der Waals surface area (Å²) in [6.45, 7) is 1.74. The maximum Gasteiger partial charge on any atom is 1.00 e. The summed E-state index contributed by atoms with van der Waals surface area (Å²) in [5.41, 5.74) is 0.420. The van der Waals surface area contributed by atoms with E-state index in [1.807, 2.05) is 0 Å². The molecule has 0 aliphatic heterocycles. The number of phosphoric acid groups is 1. The van der Waals surface area contributed by atoms with Gasteiger partial charge in [0.25, 0.3) is 0 Å². The number of phosphoric ester groups is 1. The number of hydrogen-bond acceptors (Lipinski definition) is 4. The summed E-state index contributed by atoms with van der Waals surface area (Å²) in [6.07, 6.45) is 0. The van der Waals surface area contributed by atoms with E-state index in [0.29, 0.717) is 5.39 Å². The third-order valence-corrected chi connectivity index (χ3v) is 2.60. The summed E-state index contributed by atoms with van der Waals surface area (Å²) in [7, 11) is -4.61. The maximum absolute atomic E-state index is 11.1. The van der Waals surface area contributed by atoms with Gasteiger partial charge in [0.2, 0.25) is 0 Å². The molecule has 2 rings (SSSR count). The first-order valence-corrected chi connectivity index (χ1v) is 6.18. The van der Waals surface area contributed by atoms with Gasteiger partial charge in [0.15, 0.2) is 0 Å². The number of benzene rings is 1. The zero-order chi connectivity index (χ0) is 12.6. The average Bonchev–Trinajstić information content (AvgIpc) is 2.13. The monoisotopic (exact) mass is 302 g/mol. The van der Waals surface area contributed by atoms with Gasteiger partial charge >= 0.3 is 72.6 Å². The number of aryl methyl sites for hydroxylation is 1. The zero-order valence-electron chi connectivity index (χ0n) is 10.8. The van der Waals surface area contributed by atoms with Gasteiger partial charge in [0.1, 0.15) is 11.3 Å². The smallest absolute Gasteiger partial charge is 0.423 e. The molecule has 2 N–H and O–H groups in total. The van der Waals surface area contributed by atoms with Crippen molar-refractivity contribution in [3.8, 4) is 5.75 Å². The van der Waals surface area contributed by atoms with Crippen molar-refractivity contribution < 1.29 is 82.4 Å². The van der Waals surface area contributed by atoms with Gasteiger partial charge in [-0.3, -0.25) is 9.79 Å². The Balaban J connectivity index is 0.00000162. The third kappa shape index (κ3) is 5.34. The second kappa shape index (κ2) is 7.41. The Morgan fingerprint density at radius 1 is 1.21 bits per heavy atom. The van der Waals surface area contributed by atoms with Crippen LogP contribution < -0.4 is 69.3 Å². The maximum atomic E-state index is 11.1. The van der Waals surface area contributed by atoms with Crippen molar-refractivity contribution in [3.63, 3.8) is 0 Å². The van der Waals surface area contributed by atoms with E-state index < -0.39 is 13.4 Å². The predicted octanol–water partition coefficient (Wildman–Crippen LogP) is -4.42. The molecule has 0 radical (unpaired) electrons. The van der Waals surface area contributed by atoms with Crippen LogP contribution in [0, 0.1) is 6.92 Å². The molecule has 0 unspecified atom stereocenters. The molecule has 19 heavy (non-hydrogen) atoms. The molecule has 0 bridgehead atoms.